The van der Waals surface area contributed by atoms with Crippen LogP contribution in [0.2, 0.25) is 5.02 Å². The molecule has 0 saturated heterocycles. The molecule has 0 bridgehead atoms. The minimum Gasteiger partial charge on any atom is -0.389 e. The molecule has 0 amide bonds. The highest BCUT2D eigenvalue weighted by atomic mass is 35.5. The Morgan fingerprint density at radius 2 is 2.17 bits per heavy atom. The van der Waals surface area contributed by atoms with Crippen molar-refractivity contribution in [2.45, 2.75) is 37.9 Å². The van der Waals surface area contributed by atoms with Crippen molar-refractivity contribution < 1.29 is 9.84 Å². The summed E-state index contributed by atoms with van der Waals surface area (Å²) in [6.45, 7) is 0.880. The lowest BCUT2D eigenvalue weighted by Gasteiger charge is -2.16. The molecular formula is C14H20ClNO2. The second-order valence-corrected chi connectivity index (χ2v) is 5.22. The van der Waals surface area contributed by atoms with Gasteiger partial charge in [0.2, 0.25) is 0 Å². The lowest BCUT2D eigenvalue weighted by atomic mass is 10.3. The Balaban J connectivity index is 1.66. The van der Waals surface area contributed by atoms with Crippen LogP contribution in [0.25, 0.3) is 0 Å². The van der Waals surface area contributed by atoms with E-state index in [4.69, 9.17) is 16.3 Å². The van der Waals surface area contributed by atoms with E-state index in [2.05, 4.69) is 5.32 Å². The summed E-state index contributed by atoms with van der Waals surface area (Å²) >= 11 is 5.88. The van der Waals surface area contributed by atoms with Crippen LogP contribution in [0, 0.1) is 0 Å². The molecule has 1 aromatic rings. The number of aliphatic hydroxyl groups is 1. The summed E-state index contributed by atoms with van der Waals surface area (Å²) in [5, 5.41) is 13.7. The molecule has 1 aliphatic carbocycles. The number of ether oxygens (including phenoxy) is 1. The summed E-state index contributed by atoms with van der Waals surface area (Å²) in [6.07, 6.45) is 4.64. The van der Waals surface area contributed by atoms with E-state index in [1.807, 2.05) is 24.3 Å². The van der Waals surface area contributed by atoms with Crippen LogP contribution in [0.15, 0.2) is 24.3 Å². The Morgan fingerprint density at radius 1 is 1.39 bits per heavy atom. The third-order valence-corrected chi connectivity index (χ3v) is 3.43. The number of rotatable bonds is 6. The summed E-state index contributed by atoms with van der Waals surface area (Å²) in [7, 11) is 0. The maximum atomic E-state index is 9.82. The molecule has 18 heavy (non-hydrogen) atoms. The number of nitrogens with one attached hydrogen (secondary N) is 1. The van der Waals surface area contributed by atoms with Gasteiger partial charge in [-0.05, 0) is 31.0 Å². The fraction of sp³-hybridized carbons (Fsp3) is 0.571. The molecule has 2 rings (SSSR count). The van der Waals surface area contributed by atoms with Crippen LogP contribution in [0.3, 0.4) is 0 Å². The Morgan fingerprint density at radius 3 is 2.89 bits per heavy atom. The molecule has 1 saturated carbocycles. The van der Waals surface area contributed by atoms with Crippen LogP contribution >= 0.6 is 11.6 Å². The quantitative estimate of drug-likeness (QED) is 0.834. The Bertz CT molecular complexity index is 367. The van der Waals surface area contributed by atoms with Crippen molar-refractivity contribution in [3.05, 3.63) is 29.3 Å². The first-order chi connectivity index (χ1) is 8.74. The van der Waals surface area contributed by atoms with Gasteiger partial charge in [-0.3, -0.25) is 0 Å². The second-order valence-electron chi connectivity index (χ2n) is 4.78. The van der Waals surface area contributed by atoms with E-state index >= 15 is 0 Å². The summed E-state index contributed by atoms with van der Waals surface area (Å²) in [6, 6.07) is 7.47. The fourth-order valence-corrected chi connectivity index (χ4v) is 2.39. The largest absolute Gasteiger partial charge is 0.389 e. The van der Waals surface area contributed by atoms with Crippen molar-refractivity contribution in [2.75, 3.05) is 18.5 Å². The van der Waals surface area contributed by atoms with E-state index in [0.29, 0.717) is 24.3 Å². The topological polar surface area (TPSA) is 41.5 Å². The van der Waals surface area contributed by atoms with E-state index in [-0.39, 0.29) is 0 Å². The Kier molecular flexibility index (Phi) is 5.29. The summed E-state index contributed by atoms with van der Waals surface area (Å²) in [4.78, 5) is 0. The highest BCUT2D eigenvalue weighted by Crippen LogP contribution is 2.21. The average Bonchev–Trinajstić information content (AvgIpc) is 2.87. The fourth-order valence-electron chi connectivity index (χ4n) is 2.20. The van der Waals surface area contributed by atoms with Gasteiger partial charge in [-0.15, -0.1) is 0 Å². The zero-order valence-corrected chi connectivity index (χ0v) is 11.2. The van der Waals surface area contributed by atoms with Crippen LogP contribution in [-0.2, 0) is 4.74 Å². The van der Waals surface area contributed by atoms with Gasteiger partial charge >= 0.3 is 0 Å². The monoisotopic (exact) mass is 269 g/mol. The van der Waals surface area contributed by atoms with Gasteiger partial charge in [-0.2, -0.15) is 0 Å². The maximum absolute atomic E-state index is 9.82. The molecule has 1 aromatic carbocycles. The summed E-state index contributed by atoms with van der Waals surface area (Å²) < 4.78 is 5.66. The molecule has 1 aliphatic rings. The molecule has 1 fully saturated rings. The molecule has 0 heterocycles. The molecule has 0 aromatic heterocycles. The molecule has 1 unspecified atom stereocenters. The van der Waals surface area contributed by atoms with Crippen molar-refractivity contribution in [3.8, 4) is 0 Å². The maximum Gasteiger partial charge on any atom is 0.0945 e. The number of benzene rings is 1. The predicted molar refractivity (Wildman–Crippen MR) is 74.2 cm³/mol. The molecule has 1 atom stereocenters. The van der Waals surface area contributed by atoms with Crippen LogP contribution in [0.1, 0.15) is 25.7 Å². The SMILES string of the molecule is OC(CNc1cccc(Cl)c1)COC1CCCC1. The Labute approximate surface area is 113 Å². The highest BCUT2D eigenvalue weighted by molar-refractivity contribution is 6.30. The highest BCUT2D eigenvalue weighted by Gasteiger charge is 2.16. The van der Waals surface area contributed by atoms with Crippen LogP contribution in [-0.4, -0.2) is 30.5 Å². The van der Waals surface area contributed by atoms with Crippen molar-refractivity contribution in [2.24, 2.45) is 0 Å². The van der Waals surface area contributed by atoms with E-state index in [1.54, 1.807) is 0 Å². The molecular weight excluding hydrogens is 250 g/mol. The van der Waals surface area contributed by atoms with Gasteiger partial charge in [0, 0.05) is 17.3 Å². The summed E-state index contributed by atoms with van der Waals surface area (Å²) in [5.74, 6) is 0. The molecule has 2 N–H and O–H groups in total. The zero-order valence-electron chi connectivity index (χ0n) is 10.4. The van der Waals surface area contributed by atoms with Gasteiger partial charge in [0.25, 0.3) is 0 Å². The van der Waals surface area contributed by atoms with Gasteiger partial charge in [-0.25, -0.2) is 0 Å². The minimum absolute atomic E-state index is 0.353. The van der Waals surface area contributed by atoms with E-state index in [9.17, 15) is 5.11 Å². The predicted octanol–water partition coefficient (Wildman–Crippen LogP) is 3.07. The van der Waals surface area contributed by atoms with Crippen molar-refractivity contribution in [3.63, 3.8) is 0 Å². The molecule has 100 valence electrons. The molecule has 3 nitrogen and oxygen atoms in total. The second kappa shape index (κ2) is 6.98. The van der Waals surface area contributed by atoms with Crippen molar-refractivity contribution >= 4 is 17.3 Å². The third-order valence-electron chi connectivity index (χ3n) is 3.19. The molecule has 0 spiro atoms. The van der Waals surface area contributed by atoms with Crippen LogP contribution in [0.4, 0.5) is 5.69 Å². The van der Waals surface area contributed by atoms with Crippen LogP contribution < -0.4 is 5.32 Å². The molecule has 0 aliphatic heterocycles. The Hall–Kier alpha value is -0.770. The van der Waals surface area contributed by atoms with Crippen molar-refractivity contribution in [1.29, 1.82) is 0 Å². The van der Waals surface area contributed by atoms with E-state index in [0.717, 1.165) is 18.5 Å². The summed E-state index contributed by atoms with van der Waals surface area (Å²) in [5.41, 5.74) is 0.919. The van der Waals surface area contributed by atoms with Crippen LogP contribution in [0.5, 0.6) is 0 Å². The standard InChI is InChI=1S/C14H20ClNO2/c15-11-4-3-5-12(8-11)16-9-13(17)10-18-14-6-1-2-7-14/h3-5,8,13-14,16-17H,1-2,6-7,9-10H2. The smallest absolute Gasteiger partial charge is 0.0945 e. The van der Waals surface area contributed by atoms with E-state index < -0.39 is 6.10 Å². The number of hydrogen-bond acceptors (Lipinski definition) is 3. The molecule has 0 radical (unpaired) electrons. The van der Waals surface area contributed by atoms with Gasteiger partial charge in [0.05, 0.1) is 18.8 Å². The van der Waals surface area contributed by atoms with Gasteiger partial charge < -0.3 is 15.2 Å². The lowest BCUT2D eigenvalue weighted by molar-refractivity contribution is -0.00117. The zero-order chi connectivity index (χ0) is 12.8. The molecule has 4 heteroatoms. The van der Waals surface area contributed by atoms with Gasteiger partial charge in [-0.1, -0.05) is 30.5 Å². The normalized spacial score (nSPS) is 17.9. The van der Waals surface area contributed by atoms with E-state index in [1.165, 1.54) is 12.8 Å². The minimum atomic E-state index is -0.482. The van der Waals surface area contributed by atoms with Crippen molar-refractivity contribution in [1.82, 2.24) is 0 Å². The lowest BCUT2D eigenvalue weighted by Crippen LogP contribution is -2.27. The first-order valence-corrected chi connectivity index (χ1v) is 6.91. The first kappa shape index (κ1) is 13.7. The third kappa shape index (κ3) is 4.48. The number of hydrogen-bond donors (Lipinski definition) is 2. The average molecular weight is 270 g/mol. The number of aliphatic hydroxyl groups excluding tert-OH is 1. The van der Waals surface area contributed by atoms with Gasteiger partial charge in [0.1, 0.15) is 0 Å². The number of halogens is 1. The van der Waals surface area contributed by atoms with Gasteiger partial charge in [0.15, 0.2) is 0 Å². The number of anilines is 1. The first-order valence-electron chi connectivity index (χ1n) is 6.53.